The SMILES string of the molecule is C=CCC1(C)CC(c2cccc(Cl)c2)C(c2ccc(Cl)cc2)N(C(CN(c2cccnc2)S(C)(=O)=O)C2CC2)C1=O. The lowest BCUT2D eigenvalue weighted by Gasteiger charge is -2.52. The second-order valence-electron chi connectivity index (χ2n) is 11.5. The summed E-state index contributed by atoms with van der Waals surface area (Å²) in [6, 6.07) is 18.2. The van der Waals surface area contributed by atoms with Gasteiger partial charge in [0, 0.05) is 22.2 Å². The minimum atomic E-state index is -3.67. The summed E-state index contributed by atoms with van der Waals surface area (Å²) in [6.45, 7) is 6.11. The van der Waals surface area contributed by atoms with E-state index in [-0.39, 0.29) is 36.4 Å². The maximum Gasteiger partial charge on any atom is 0.232 e. The summed E-state index contributed by atoms with van der Waals surface area (Å²) in [7, 11) is -3.67. The van der Waals surface area contributed by atoms with E-state index in [0.717, 1.165) is 24.0 Å². The van der Waals surface area contributed by atoms with Crippen molar-refractivity contribution in [3.8, 4) is 0 Å². The molecule has 2 aliphatic rings. The Hall–Kier alpha value is -2.87. The van der Waals surface area contributed by atoms with Crippen molar-refractivity contribution in [2.75, 3.05) is 17.1 Å². The maximum atomic E-state index is 14.7. The fraction of sp³-hybridized carbons (Fsp3) is 0.375. The van der Waals surface area contributed by atoms with Gasteiger partial charge in [-0.05, 0) is 79.1 Å². The smallest absolute Gasteiger partial charge is 0.232 e. The van der Waals surface area contributed by atoms with Crippen LogP contribution in [0.4, 0.5) is 5.69 Å². The third-order valence-electron chi connectivity index (χ3n) is 8.40. The maximum absolute atomic E-state index is 14.7. The van der Waals surface area contributed by atoms with Crippen molar-refractivity contribution in [2.45, 2.75) is 50.6 Å². The van der Waals surface area contributed by atoms with Gasteiger partial charge in [-0.3, -0.25) is 14.1 Å². The topological polar surface area (TPSA) is 70.6 Å². The summed E-state index contributed by atoms with van der Waals surface area (Å²) in [5.74, 6) is 0.0804. The lowest BCUT2D eigenvalue weighted by atomic mass is 9.67. The van der Waals surface area contributed by atoms with Crippen molar-refractivity contribution in [1.29, 1.82) is 0 Å². The number of sulfonamides is 1. The molecule has 4 atom stereocenters. The van der Waals surface area contributed by atoms with Crippen LogP contribution in [0.2, 0.25) is 10.0 Å². The van der Waals surface area contributed by atoms with Gasteiger partial charge in [0.15, 0.2) is 0 Å². The van der Waals surface area contributed by atoms with Crippen LogP contribution in [0.25, 0.3) is 0 Å². The zero-order valence-corrected chi connectivity index (χ0v) is 25.6. The molecule has 1 aliphatic heterocycles. The number of hydrogen-bond acceptors (Lipinski definition) is 4. The molecular formula is C32H35Cl2N3O3S. The number of amides is 1. The van der Waals surface area contributed by atoms with Crippen LogP contribution in [0, 0.1) is 11.3 Å². The first kappa shape index (κ1) is 29.6. The first-order valence-corrected chi connectivity index (χ1v) is 16.4. The number of likely N-dealkylation sites (tertiary alicyclic amines) is 1. The first-order chi connectivity index (χ1) is 19.5. The molecule has 6 nitrogen and oxygen atoms in total. The van der Waals surface area contributed by atoms with Gasteiger partial charge in [-0.1, -0.05) is 60.5 Å². The van der Waals surface area contributed by atoms with E-state index in [9.17, 15) is 13.2 Å². The van der Waals surface area contributed by atoms with Crippen LogP contribution in [-0.4, -0.2) is 43.1 Å². The van der Waals surface area contributed by atoms with Gasteiger partial charge in [-0.15, -0.1) is 6.58 Å². The van der Waals surface area contributed by atoms with Gasteiger partial charge in [0.05, 0.1) is 42.2 Å². The van der Waals surface area contributed by atoms with Crippen LogP contribution in [0.3, 0.4) is 0 Å². The minimum Gasteiger partial charge on any atom is -0.329 e. The molecule has 2 heterocycles. The van der Waals surface area contributed by atoms with Crippen LogP contribution in [0.1, 0.15) is 55.7 Å². The van der Waals surface area contributed by atoms with Crippen LogP contribution < -0.4 is 4.31 Å². The molecule has 1 amide bonds. The van der Waals surface area contributed by atoms with E-state index in [1.54, 1.807) is 30.6 Å². The fourth-order valence-corrected chi connectivity index (χ4v) is 7.54. The number of benzene rings is 2. The normalized spacial score (nSPS) is 23.7. The Balaban J connectivity index is 1.69. The zero-order chi connectivity index (χ0) is 29.4. The molecule has 4 unspecified atom stereocenters. The monoisotopic (exact) mass is 611 g/mol. The summed E-state index contributed by atoms with van der Waals surface area (Å²) in [4.78, 5) is 20.9. The minimum absolute atomic E-state index is 0.00663. The van der Waals surface area contributed by atoms with E-state index in [2.05, 4.69) is 17.6 Å². The van der Waals surface area contributed by atoms with Crippen LogP contribution in [0.5, 0.6) is 0 Å². The van der Waals surface area contributed by atoms with Gasteiger partial charge >= 0.3 is 0 Å². The molecule has 1 saturated heterocycles. The number of allylic oxidation sites excluding steroid dienone is 1. The van der Waals surface area contributed by atoms with Crippen LogP contribution in [0.15, 0.2) is 85.7 Å². The van der Waals surface area contributed by atoms with Gasteiger partial charge < -0.3 is 4.90 Å². The number of piperidine rings is 1. The first-order valence-electron chi connectivity index (χ1n) is 13.8. The number of carbonyl (C=O) groups is 1. The second kappa shape index (κ2) is 11.8. The molecular weight excluding hydrogens is 577 g/mol. The molecule has 2 aromatic carbocycles. The number of carbonyl (C=O) groups excluding carboxylic acids is 1. The molecule has 1 saturated carbocycles. The van der Waals surface area contributed by atoms with Gasteiger partial charge in [-0.2, -0.15) is 0 Å². The molecule has 1 aromatic heterocycles. The van der Waals surface area contributed by atoms with Crippen molar-refractivity contribution in [3.63, 3.8) is 0 Å². The number of nitrogens with zero attached hydrogens (tertiary/aromatic N) is 3. The fourth-order valence-electron chi connectivity index (χ4n) is 6.30. The molecule has 0 radical (unpaired) electrons. The van der Waals surface area contributed by atoms with Crippen LogP contribution in [-0.2, 0) is 14.8 Å². The van der Waals surface area contributed by atoms with Crippen molar-refractivity contribution >= 4 is 44.8 Å². The van der Waals surface area contributed by atoms with Gasteiger partial charge in [-0.25, -0.2) is 8.42 Å². The van der Waals surface area contributed by atoms with Crippen LogP contribution >= 0.6 is 23.2 Å². The predicted octanol–water partition coefficient (Wildman–Crippen LogP) is 7.27. The molecule has 216 valence electrons. The van der Waals surface area contributed by atoms with E-state index in [4.69, 9.17) is 23.2 Å². The van der Waals surface area contributed by atoms with E-state index in [0.29, 0.717) is 28.6 Å². The van der Waals surface area contributed by atoms with E-state index < -0.39 is 15.4 Å². The molecule has 0 bridgehead atoms. The Morgan fingerprint density at radius 2 is 1.83 bits per heavy atom. The molecule has 3 aromatic rings. The van der Waals surface area contributed by atoms with Crippen molar-refractivity contribution in [3.05, 3.63) is 107 Å². The third-order valence-corrected chi connectivity index (χ3v) is 10.0. The molecule has 0 spiro atoms. The predicted molar refractivity (Wildman–Crippen MR) is 166 cm³/mol. The van der Waals surface area contributed by atoms with E-state index in [1.165, 1.54) is 10.6 Å². The van der Waals surface area contributed by atoms with E-state index in [1.807, 2.05) is 54.3 Å². The number of hydrogen-bond donors (Lipinski definition) is 0. The molecule has 1 aliphatic carbocycles. The number of aromatic nitrogens is 1. The summed E-state index contributed by atoms with van der Waals surface area (Å²) >= 11 is 12.8. The summed E-state index contributed by atoms with van der Waals surface area (Å²) < 4.78 is 27.7. The highest BCUT2D eigenvalue weighted by molar-refractivity contribution is 7.92. The standard InChI is InChI=1S/C32H35Cl2N3O3S/c1-4-16-32(2)19-28(24-7-5-8-26(34)18-24)30(23-12-14-25(33)15-13-23)37(31(32)38)29(22-10-11-22)21-36(41(3,39)40)27-9-6-17-35-20-27/h4-9,12-15,17-18,20,22,28-30H,1,10-11,16,19,21H2,2-3H3. The second-order valence-corrected chi connectivity index (χ2v) is 14.3. The summed E-state index contributed by atoms with van der Waals surface area (Å²) in [5.41, 5.74) is 1.74. The Morgan fingerprint density at radius 3 is 2.41 bits per heavy atom. The van der Waals surface area contributed by atoms with Crippen molar-refractivity contribution in [2.24, 2.45) is 11.3 Å². The van der Waals surface area contributed by atoms with Crippen molar-refractivity contribution in [1.82, 2.24) is 9.88 Å². The zero-order valence-electron chi connectivity index (χ0n) is 23.3. The highest BCUT2D eigenvalue weighted by atomic mass is 35.5. The van der Waals surface area contributed by atoms with Gasteiger partial charge in [0.2, 0.25) is 15.9 Å². The van der Waals surface area contributed by atoms with Gasteiger partial charge in [0.25, 0.3) is 0 Å². The third kappa shape index (κ3) is 6.32. The highest BCUT2D eigenvalue weighted by Crippen LogP contribution is 2.54. The highest BCUT2D eigenvalue weighted by Gasteiger charge is 2.54. The quantitative estimate of drug-likeness (QED) is 0.226. The number of rotatable bonds is 10. The molecule has 5 rings (SSSR count). The van der Waals surface area contributed by atoms with E-state index >= 15 is 0 Å². The Morgan fingerprint density at radius 1 is 1.10 bits per heavy atom. The molecule has 41 heavy (non-hydrogen) atoms. The molecule has 2 fully saturated rings. The lowest BCUT2D eigenvalue weighted by Crippen LogP contribution is -2.59. The summed E-state index contributed by atoms with van der Waals surface area (Å²) in [6.07, 6.45) is 9.12. The van der Waals surface area contributed by atoms with Gasteiger partial charge in [0.1, 0.15) is 0 Å². The number of halogens is 2. The Labute approximate surface area is 253 Å². The molecule has 9 heteroatoms. The molecule has 0 N–H and O–H groups in total. The Kier molecular flexibility index (Phi) is 8.51. The Bertz CT molecular complexity index is 1510. The number of anilines is 1. The number of pyridine rings is 1. The summed E-state index contributed by atoms with van der Waals surface area (Å²) in [5, 5.41) is 1.24. The average molecular weight is 613 g/mol. The van der Waals surface area contributed by atoms with Crippen molar-refractivity contribution < 1.29 is 13.2 Å². The lowest BCUT2D eigenvalue weighted by molar-refractivity contribution is -0.154. The average Bonchev–Trinajstić information content (AvgIpc) is 3.77. The largest absolute Gasteiger partial charge is 0.329 e.